The number of hydrogen-bond acceptors (Lipinski definition) is 3. The van der Waals surface area contributed by atoms with Crippen molar-refractivity contribution in [2.45, 2.75) is 51.5 Å². The number of nitrogens with zero attached hydrogens (tertiary/aromatic N) is 1. The van der Waals surface area contributed by atoms with Crippen LogP contribution >= 0.6 is 0 Å². The zero-order valence-electron chi connectivity index (χ0n) is 12.9. The third-order valence-electron chi connectivity index (χ3n) is 4.87. The number of amides is 1. The van der Waals surface area contributed by atoms with Gasteiger partial charge in [0.25, 0.3) is 0 Å². The van der Waals surface area contributed by atoms with E-state index < -0.39 is 0 Å². The maximum Gasteiger partial charge on any atom is 0.223 e. The van der Waals surface area contributed by atoms with Gasteiger partial charge in [-0.15, -0.1) is 0 Å². The SMILES string of the molecule is Cc1ccc([C@@H](CNC(=O)C2CCCC2)N2CCCC2)o1. The van der Waals surface area contributed by atoms with Gasteiger partial charge in [-0.25, -0.2) is 0 Å². The molecule has 1 saturated heterocycles. The fourth-order valence-corrected chi connectivity index (χ4v) is 3.63. The summed E-state index contributed by atoms with van der Waals surface area (Å²) in [4.78, 5) is 14.7. The van der Waals surface area contributed by atoms with Crippen LogP contribution in [0.4, 0.5) is 0 Å². The van der Waals surface area contributed by atoms with Crippen molar-refractivity contribution in [3.8, 4) is 0 Å². The van der Waals surface area contributed by atoms with Crippen LogP contribution < -0.4 is 5.32 Å². The molecule has 2 aliphatic rings. The molecular weight excluding hydrogens is 264 g/mol. The molecule has 4 nitrogen and oxygen atoms in total. The van der Waals surface area contributed by atoms with Crippen LogP contribution in [-0.2, 0) is 4.79 Å². The Bertz CT molecular complexity index is 471. The van der Waals surface area contributed by atoms with Crippen LogP contribution in [0.5, 0.6) is 0 Å². The van der Waals surface area contributed by atoms with Gasteiger partial charge in [0, 0.05) is 12.5 Å². The summed E-state index contributed by atoms with van der Waals surface area (Å²) < 4.78 is 5.82. The quantitative estimate of drug-likeness (QED) is 0.906. The highest BCUT2D eigenvalue weighted by Gasteiger charge is 2.28. The number of hydrogen-bond donors (Lipinski definition) is 1. The van der Waals surface area contributed by atoms with Crippen LogP contribution in [0, 0.1) is 12.8 Å². The Kier molecular flexibility index (Phi) is 4.63. The molecule has 0 aromatic carbocycles. The Balaban J connectivity index is 1.63. The van der Waals surface area contributed by atoms with Crippen molar-refractivity contribution in [3.05, 3.63) is 23.7 Å². The van der Waals surface area contributed by atoms with Crippen LogP contribution in [0.25, 0.3) is 0 Å². The van der Waals surface area contributed by atoms with E-state index in [-0.39, 0.29) is 17.9 Å². The van der Waals surface area contributed by atoms with Crippen molar-refractivity contribution in [1.82, 2.24) is 10.2 Å². The van der Waals surface area contributed by atoms with Gasteiger partial charge in [0.1, 0.15) is 11.5 Å². The minimum Gasteiger partial charge on any atom is -0.465 e. The molecule has 1 amide bonds. The van der Waals surface area contributed by atoms with Gasteiger partial charge in [0.2, 0.25) is 5.91 Å². The summed E-state index contributed by atoms with van der Waals surface area (Å²) in [7, 11) is 0. The summed E-state index contributed by atoms with van der Waals surface area (Å²) in [5.74, 6) is 2.40. The Morgan fingerprint density at radius 1 is 1.29 bits per heavy atom. The number of furan rings is 1. The Morgan fingerprint density at radius 3 is 2.62 bits per heavy atom. The van der Waals surface area contributed by atoms with Gasteiger partial charge in [-0.3, -0.25) is 9.69 Å². The molecule has 0 spiro atoms. The highest BCUT2D eigenvalue weighted by molar-refractivity contribution is 5.78. The fourth-order valence-electron chi connectivity index (χ4n) is 3.63. The summed E-state index contributed by atoms with van der Waals surface area (Å²) in [5.41, 5.74) is 0. The van der Waals surface area contributed by atoms with Crippen molar-refractivity contribution in [2.75, 3.05) is 19.6 Å². The molecule has 4 heteroatoms. The molecule has 2 heterocycles. The first-order valence-electron chi connectivity index (χ1n) is 8.32. The van der Waals surface area contributed by atoms with Gasteiger partial charge in [-0.2, -0.15) is 0 Å². The smallest absolute Gasteiger partial charge is 0.223 e. The predicted molar refractivity (Wildman–Crippen MR) is 82.0 cm³/mol. The van der Waals surface area contributed by atoms with Crippen LogP contribution in [-0.4, -0.2) is 30.4 Å². The standard InChI is InChI=1S/C17H26N2O2/c1-13-8-9-16(21-13)15(19-10-4-5-11-19)12-18-17(20)14-6-2-3-7-14/h8-9,14-15H,2-7,10-12H2,1H3,(H,18,20)/t15-/m1/s1. The third-order valence-corrected chi connectivity index (χ3v) is 4.87. The number of rotatable bonds is 5. The number of likely N-dealkylation sites (tertiary alicyclic amines) is 1. The van der Waals surface area contributed by atoms with Gasteiger partial charge >= 0.3 is 0 Å². The monoisotopic (exact) mass is 290 g/mol. The second-order valence-corrected chi connectivity index (χ2v) is 6.43. The lowest BCUT2D eigenvalue weighted by atomic mass is 10.1. The Hall–Kier alpha value is -1.29. The van der Waals surface area contributed by atoms with E-state index in [4.69, 9.17) is 4.42 Å². The van der Waals surface area contributed by atoms with E-state index >= 15 is 0 Å². The topological polar surface area (TPSA) is 45.5 Å². The average molecular weight is 290 g/mol. The minimum atomic E-state index is 0.187. The first-order valence-corrected chi connectivity index (χ1v) is 8.32. The van der Waals surface area contributed by atoms with Gasteiger partial charge < -0.3 is 9.73 Å². The zero-order chi connectivity index (χ0) is 14.7. The second-order valence-electron chi connectivity index (χ2n) is 6.43. The van der Waals surface area contributed by atoms with E-state index in [0.717, 1.165) is 37.5 Å². The van der Waals surface area contributed by atoms with E-state index in [1.54, 1.807) is 0 Å². The molecule has 21 heavy (non-hydrogen) atoms. The summed E-state index contributed by atoms with van der Waals surface area (Å²) in [6.45, 7) is 4.84. The molecule has 1 aromatic rings. The highest BCUT2D eigenvalue weighted by atomic mass is 16.3. The van der Waals surface area contributed by atoms with Crippen LogP contribution in [0.3, 0.4) is 0 Å². The van der Waals surface area contributed by atoms with Crippen LogP contribution in [0.2, 0.25) is 0 Å². The van der Waals surface area contributed by atoms with Crippen molar-refractivity contribution >= 4 is 5.91 Å². The van der Waals surface area contributed by atoms with E-state index in [0.29, 0.717) is 6.54 Å². The van der Waals surface area contributed by atoms with Gasteiger partial charge in [0.05, 0.1) is 6.04 Å². The average Bonchev–Trinajstić information content (AvgIpc) is 3.21. The molecule has 1 saturated carbocycles. The summed E-state index contributed by atoms with van der Waals surface area (Å²) >= 11 is 0. The molecule has 116 valence electrons. The lowest BCUT2D eigenvalue weighted by Gasteiger charge is -2.26. The van der Waals surface area contributed by atoms with Crippen molar-refractivity contribution < 1.29 is 9.21 Å². The van der Waals surface area contributed by atoms with Crippen LogP contribution in [0.15, 0.2) is 16.5 Å². The molecular formula is C17H26N2O2. The predicted octanol–water partition coefficient (Wildman–Crippen LogP) is 3.03. The Labute approximate surface area is 126 Å². The molecule has 0 unspecified atom stereocenters. The minimum absolute atomic E-state index is 0.187. The molecule has 1 atom stereocenters. The van der Waals surface area contributed by atoms with Gasteiger partial charge in [0.15, 0.2) is 0 Å². The lowest BCUT2D eigenvalue weighted by molar-refractivity contribution is -0.125. The summed E-state index contributed by atoms with van der Waals surface area (Å²) in [6.07, 6.45) is 7.00. The van der Waals surface area contributed by atoms with E-state index in [1.165, 1.54) is 25.7 Å². The number of aryl methyl sites for hydroxylation is 1. The maximum atomic E-state index is 12.2. The molecule has 2 fully saturated rings. The molecule has 0 bridgehead atoms. The van der Waals surface area contributed by atoms with Gasteiger partial charge in [-0.05, 0) is 57.8 Å². The van der Waals surface area contributed by atoms with E-state index in [2.05, 4.69) is 16.3 Å². The number of carbonyl (C=O) groups is 1. The second kappa shape index (κ2) is 6.65. The zero-order valence-corrected chi connectivity index (χ0v) is 12.9. The Morgan fingerprint density at radius 2 is 2.00 bits per heavy atom. The third kappa shape index (κ3) is 3.49. The molecule has 0 radical (unpaired) electrons. The van der Waals surface area contributed by atoms with E-state index in [9.17, 15) is 4.79 Å². The van der Waals surface area contributed by atoms with E-state index in [1.807, 2.05) is 13.0 Å². The van der Waals surface area contributed by atoms with Crippen molar-refractivity contribution in [1.29, 1.82) is 0 Å². The largest absolute Gasteiger partial charge is 0.465 e. The molecule has 1 N–H and O–H groups in total. The molecule has 1 aromatic heterocycles. The molecule has 3 rings (SSSR count). The summed E-state index contributed by atoms with van der Waals surface area (Å²) in [5, 5.41) is 3.17. The number of nitrogens with one attached hydrogen (secondary N) is 1. The highest BCUT2D eigenvalue weighted by Crippen LogP contribution is 2.27. The van der Waals surface area contributed by atoms with Crippen LogP contribution in [0.1, 0.15) is 56.1 Å². The summed E-state index contributed by atoms with van der Waals surface area (Å²) in [6, 6.07) is 4.25. The van der Waals surface area contributed by atoms with Gasteiger partial charge in [-0.1, -0.05) is 12.8 Å². The lowest BCUT2D eigenvalue weighted by Crippen LogP contribution is -2.38. The molecule has 1 aliphatic carbocycles. The van der Waals surface area contributed by atoms with Crippen molar-refractivity contribution in [3.63, 3.8) is 0 Å². The first kappa shape index (κ1) is 14.6. The first-order chi connectivity index (χ1) is 10.2. The fraction of sp³-hybridized carbons (Fsp3) is 0.706. The normalized spacial score (nSPS) is 21.8. The molecule has 1 aliphatic heterocycles. The van der Waals surface area contributed by atoms with Crippen molar-refractivity contribution in [2.24, 2.45) is 5.92 Å². The number of carbonyl (C=O) groups excluding carboxylic acids is 1. The maximum absolute atomic E-state index is 12.2.